The Hall–Kier alpha value is -2.36. The maximum atomic E-state index is 13.0. The molecule has 2 aromatic rings. The number of carbonyl (C=O) groups excluding carboxylic acids is 1. The fourth-order valence-electron chi connectivity index (χ4n) is 2.28. The van der Waals surface area contributed by atoms with E-state index in [1.54, 1.807) is 17.0 Å². The highest BCUT2D eigenvalue weighted by molar-refractivity contribution is 5.94. The summed E-state index contributed by atoms with van der Waals surface area (Å²) >= 11 is 0. The number of carbonyl (C=O) groups is 1. The summed E-state index contributed by atoms with van der Waals surface area (Å²) in [6.07, 6.45) is 0.847. The first kappa shape index (κ1) is 16.0. The molecule has 0 aliphatic heterocycles. The molecule has 116 valence electrons. The van der Waals surface area contributed by atoms with Gasteiger partial charge in [0.1, 0.15) is 11.6 Å². The molecular weight excluding hydrogens is 281 g/mol. The lowest BCUT2D eigenvalue weighted by molar-refractivity contribution is -0.120. The number of anilines is 1. The van der Waals surface area contributed by atoms with Crippen molar-refractivity contribution in [1.82, 2.24) is 0 Å². The molecule has 2 aromatic carbocycles. The van der Waals surface area contributed by atoms with Crippen molar-refractivity contribution in [2.24, 2.45) is 0 Å². The number of halogens is 1. The molecule has 4 heteroatoms. The SMILES string of the molecule is CCc1ccccc1OCC(=O)N(CC)c1ccc(F)cc1. The van der Waals surface area contributed by atoms with Gasteiger partial charge in [-0.05, 0) is 49.2 Å². The van der Waals surface area contributed by atoms with Gasteiger partial charge >= 0.3 is 0 Å². The van der Waals surface area contributed by atoms with Gasteiger partial charge in [0.25, 0.3) is 5.91 Å². The predicted molar refractivity (Wildman–Crippen MR) is 85.7 cm³/mol. The summed E-state index contributed by atoms with van der Waals surface area (Å²) < 4.78 is 18.6. The molecule has 22 heavy (non-hydrogen) atoms. The molecule has 0 bridgehead atoms. The minimum absolute atomic E-state index is 0.0395. The molecule has 0 aromatic heterocycles. The Morgan fingerprint density at radius 1 is 1.09 bits per heavy atom. The number of nitrogens with zero attached hydrogens (tertiary/aromatic N) is 1. The van der Waals surface area contributed by atoms with Gasteiger partial charge in [-0.25, -0.2) is 4.39 Å². The van der Waals surface area contributed by atoms with Crippen LogP contribution in [0.25, 0.3) is 0 Å². The molecule has 0 fully saturated rings. The molecule has 0 aliphatic carbocycles. The van der Waals surface area contributed by atoms with Crippen LogP contribution in [-0.2, 0) is 11.2 Å². The predicted octanol–water partition coefficient (Wildman–Crippen LogP) is 3.82. The zero-order chi connectivity index (χ0) is 15.9. The van der Waals surface area contributed by atoms with Crippen LogP contribution < -0.4 is 9.64 Å². The van der Waals surface area contributed by atoms with Gasteiger partial charge in [-0.1, -0.05) is 25.1 Å². The van der Waals surface area contributed by atoms with Crippen LogP contribution >= 0.6 is 0 Å². The molecule has 0 saturated heterocycles. The minimum atomic E-state index is -0.319. The molecule has 0 N–H and O–H groups in total. The van der Waals surface area contributed by atoms with E-state index in [1.807, 2.05) is 38.1 Å². The van der Waals surface area contributed by atoms with Gasteiger partial charge in [0.05, 0.1) is 0 Å². The highest BCUT2D eigenvalue weighted by Gasteiger charge is 2.15. The first-order valence-corrected chi connectivity index (χ1v) is 7.42. The number of amides is 1. The number of aryl methyl sites for hydroxylation is 1. The maximum Gasteiger partial charge on any atom is 0.264 e. The summed E-state index contributed by atoms with van der Waals surface area (Å²) in [5, 5.41) is 0. The highest BCUT2D eigenvalue weighted by Crippen LogP contribution is 2.19. The Bertz CT molecular complexity index is 625. The number of hydrogen-bond acceptors (Lipinski definition) is 2. The third-order valence-electron chi connectivity index (χ3n) is 3.46. The number of hydrogen-bond donors (Lipinski definition) is 0. The zero-order valence-corrected chi connectivity index (χ0v) is 12.9. The first-order chi connectivity index (χ1) is 10.7. The summed E-state index contributed by atoms with van der Waals surface area (Å²) in [6, 6.07) is 13.6. The molecule has 3 nitrogen and oxygen atoms in total. The number of likely N-dealkylation sites (N-methyl/N-ethyl adjacent to an activating group) is 1. The van der Waals surface area contributed by atoms with Crippen molar-refractivity contribution in [3.05, 3.63) is 59.9 Å². The van der Waals surface area contributed by atoms with Crippen LogP contribution in [0, 0.1) is 5.82 Å². The van der Waals surface area contributed by atoms with Crippen molar-refractivity contribution in [2.75, 3.05) is 18.1 Å². The molecule has 0 spiro atoms. The van der Waals surface area contributed by atoms with E-state index in [1.165, 1.54) is 12.1 Å². The molecule has 0 unspecified atom stereocenters. The Morgan fingerprint density at radius 3 is 2.41 bits per heavy atom. The highest BCUT2D eigenvalue weighted by atomic mass is 19.1. The molecular formula is C18H20FNO2. The third kappa shape index (κ3) is 3.85. The molecule has 0 atom stereocenters. The van der Waals surface area contributed by atoms with E-state index < -0.39 is 0 Å². The lowest BCUT2D eigenvalue weighted by Crippen LogP contribution is -2.34. The second-order valence-electron chi connectivity index (χ2n) is 4.86. The van der Waals surface area contributed by atoms with Crippen molar-refractivity contribution in [1.29, 1.82) is 0 Å². The van der Waals surface area contributed by atoms with Crippen molar-refractivity contribution >= 4 is 11.6 Å². The van der Waals surface area contributed by atoms with Gasteiger partial charge in [0, 0.05) is 12.2 Å². The Morgan fingerprint density at radius 2 is 1.77 bits per heavy atom. The first-order valence-electron chi connectivity index (χ1n) is 7.42. The minimum Gasteiger partial charge on any atom is -0.483 e. The Balaban J connectivity index is 2.05. The number of benzene rings is 2. The molecule has 0 radical (unpaired) electrons. The van der Waals surface area contributed by atoms with Crippen LogP contribution in [-0.4, -0.2) is 19.1 Å². The fourth-order valence-corrected chi connectivity index (χ4v) is 2.28. The maximum absolute atomic E-state index is 13.0. The van der Waals surface area contributed by atoms with Crippen molar-refractivity contribution in [2.45, 2.75) is 20.3 Å². The molecule has 1 amide bonds. The smallest absolute Gasteiger partial charge is 0.264 e. The zero-order valence-electron chi connectivity index (χ0n) is 12.9. The van der Waals surface area contributed by atoms with Gasteiger partial charge in [-0.15, -0.1) is 0 Å². The third-order valence-corrected chi connectivity index (χ3v) is 3.46. The summed E-state index contributed by atoms with van der Waals surface area (Å²) in [5.74, 6) is 0.258. The fraction of sp³-hybridized carbons (Fsp3) is 0.278. The number of ether oxygens (including phenoxy) is 1. The summed E-state index contributed by atoms with van der Waals surface area (Å²) in [5.41, 5.74) is 1.74. The second kappa shape index (κ2) is 7.59. The lowest BCUT2D eigenvalue weighted by atomic mass is 10.1. The number of rotatable bonds is 6. The second-order valence-corrected chi connectivity index (χ2v) is 4.86. The van der Waals surface area contributed by atoms with Crippen LogP contribution in [0.3, 0.4) is 0 Å². The normalized spacial score (nSPS) is 10.3. The largest absolute Gasteiger partial charge is 0.483 e. The van der Waals surface area contributed by atoms with E-state index in [9.17, 15) is 9.18 Å². The topological polar surface area (TPSA) is 29.5 Å². The molecule has 0 saturated carbocycles. The molecule has 0 heterocycles. The van der Waals surface area contributed by atoms with Crippen molar-refractivity contribution in [3.8, 4) is 5.75 Å². The Kier molecular flexibility index (Phi) is 5.53. The Labute approximate surface area is 130 Å². The van der Waals surface area contributed by atoms with Gasteiger partial charge in [-0.2, -0.15) is 0 Å². The van der Waals surface area contributed by atoms with E-state index in [4.69, 9.17) is 4.74 Å². The van der Waals surface area contributed by atoms with Gasteiger partial charge in [0.2, 0.25) is 0 Å². The lowest BCUT2D eigenvalue weighted by Gasteiger charge is -2.21. The van der Waals surface area contributed by atoms with Gasteiger partial charge in [0.15, 0.2) is 6.61 Å². The van der Waals surface area contributed by atoms with Crippen molar-refractivity contribution in [3.63, 3.8) is 0 Å². The van der Waals surface area contributed by atoms with Gasteiger partial charge < -0.3 is 9.64 Å². The summed E-state index contributed by atoms with van der Waals surface area (Å²) in [6.45, 7) is 4.38. The van der Waals surface area contributed by atoms with Crippen LogP contribution in [0.4, 0.5) is 10.1 Å². The summed E-state index contributed by atoms with van der Waals surface area (Å²) in [7, 11) is 0. The standard InChI is InChI=1S/C18H20FNO2/c1-3-14-7-5-6-8-17(14)22-13-18(21)20(4-2)16-11-9-15(19)10-12-16/h5-12H,3-4,13H2,1-2H3. The van der Waals surface area contributed by atoms with Crippen LogP contribution in [0.15, 0.2) is 48.5 Å². The molecule has 0 aliphatic rings. The van der Waals surface area contributed by atoms with Crippen LogP contribution in [0.1, 0.15) is 19.4 Å². The van der Waals surface area contributed by atoms with Crippen LogP contribution in [0.2, 0.25) is 0 Å². The van der Waals surface area contributed by atoms with E-state index in [2.05, 4.69) is 0 Å². The van der Waals surface area contributed by atoms with Crippen molar-refractivity contribution < 1.29 is 13.9 Å². The van der Waals surface area contributed by atoms with E-state index in [0.717, 1.165) is 17.7 Å². The van der Waals surface area contributed by atoms with Crippen LogP contribution in [0.5, 0.6) is 5.75 Å². The number of para-hydroxylation sites is 1. The average molecular weight is 301 g/mol. The monoisotopic (exact) mass is 301 g/mol. The van der Waals surface area contributed by atoms with E-state index in [-0.39, 0.29) is 18.3 Å². The van der Waals surface area contributed by atoms with Gasteiger partial charge in [-0.3, -0.25) is 4.79 Å². The quantitative estimate of drug-likeness (QED) is 0.811. The van der Waals surface area contributed by atoms with E-state index >= 15 is 0 Å². The molecule has 2 rings (SSSR count). The summed E-state index contributed by atoms with van der Waals surface area (Å²) in [4.78, 5) is 13.9. The average Bonchev–Trinajstić information content (AvgIpc) is 2.55. The van der Waals surface area contributed by atoms with E-state index in [0.29, 0.717) is 12.2 Å².